The van der Waals surface area contributed by atoms with Gasteiger partial charge in [0, 0.05) is 23.4 Å². The number of aliphatic hydroxyl groups is 1. The second-order valence-electron chi connectivity index (χ2n) is 3.95. The highest BCUT2D eigenvalue weighted by molar-refractivity contribution is 5.36. The van der Waals surface area contributed by atoms with Crippen LogP contribution in [0.4, 0.5) is 4.39 Å². The average Bonchev–Trinajstić information content (AvgIpc) is 2.46. The van der Waals surface area contributed by atoms with E-state index >= 15 is 0 Å². The number of methoxy groups -OCH3 is 2. The van der Waals surface area contributed by atoms with E-state index in [1.165, 1.54) is 38.7 Å². The van der Waals surface area contributed by atoms with Gasteiger partial charge in [0.25, 0.3) is 0 Å². The second-order valence-corrected chi connectivity index (χ2v) is 3.95. The van der Waals surface area contributed by atoms with Crippen LogP contribution in [0.2, 0.25) is 0 Å². The molecule has 0 spiro atoms. The molecule has 1 heterocycles. The molecule has 0 amide bonds. The molecule has 0 radical (unpaired) electrons. The first kappa shape index (κ1) is 13.3. The Kier molecular flexibility index (Phi) is 3.97. The monoisotopic (exact) mass is 263 g/mol. The Bertz CT molecular complexity index is 574. The zero-order valence-electron chi connectivity index (χ0n) is 10.6. The fourth-order valence-corrected chi connectivity index (χ4v) is 1.73. The van der Waals surface area contributed by atoms with Gasteiger partial charge in [0.1, 0.15) is 23.4 Å². The maximum absolute atomic E-state index is 13.9. The van der Waals surface area contributed by atoms with Gasteiger partial charge in [-0.05, 0) is 18.2 Å². The SMILES string of the molecule is COc1cncc(C(O)c2ccc(OC)cc2F)c1. The van der Waals surface area contributed by atoms with Crippen LogP contribution in [0.5, 0.6) is 11.5 Å². The van der Waals surface area contributed by atoms with E-state index in [0.29, 0.717) is 17.1 Å². The summed E-state index contributed by atoms with van der Waals surface area (Å²) in [7, 11) is 2.96. The molecule has 0 aliphatic carbocycles. The predicted molar refractivity (Wildman–Crippen MR) is 67.8 cm³/mol. The van der Waals surface area contributed by atoms with Crippen LogP contribution < -0.4 is 9.47 Å². The Morgan fingerprint density at radius 1 is 1.11 bits per heavy atom. The van der Waals surface area contributed by atoms with Gasteiger partial charge in [-0.25, -0.2) is 4.39 Å². The summed E-state index contributed by atoms with van der Waals surface area (Å²) in [5.74, 6) is 0.373. The summed E-state index contributed by atoms with van der Waals surface area (Å²) in [4.78, 5) is 3.93. The molecule has 0 saturated heterocycles. The maximum atomic E-state index is 13.9. The largest absolute Gasteiger partial charge is 0.497 e. The molecule has 0 saturated carbocycles. The molecule has 1 atom stereocenters. The van der Waals surface area contributed by atoms with Crippen LogP contribution in [0.25, 0.3) is 0 Å². The van der Waals surface area contributed by atoms with Gasteiger partial charge in [0.05, 0.1) is 20.4 Å². The summed E-state index contributed by atoms with van der Waals surface area (Å²) in [6.07, 6.45) is 1.88. The first-order valence-corrected chi connectivity index (χ1v) is 5.66. The number of aromatic nitrogens is 1. The van der Waals surface area contributed by atoms with Gasteiger partial charge in [-0.3, -0.25) is 4.98 Å². The summed E-state index contributed by atoms with van der Waals surface area (Å²) in [5.41, 5.74) is 0.624. The number of pyridine rings is 1. The van der Waals surface area contributed by atoms with Crippen LogP contribution in [-0.4, -0.2) is 24.3 Å². The van der Waals surface area contributed by atoms with Gasteiger partial charge in [0.15, 0.2) is 0 Å². The lowest BCUT2D eigenvalue weighted by Crippen LogP contribution is -2.04. The molecule has 0 aliphatic heterocycles. The highest BCUT2D eigenvalue weighted by atomic mass is 19.1. The molecule has 0 bridgehead atoms. The van der Waals surface area contributed by atoms with Crippen molar-refractivity contribution in [3.8, 4) is 11.5 Å². The fraction of sp³-hybridized carbons (Fsp3) is 0.214. The smallest absolute Gasteiger partial charge is 0.137 e. The van der Waals surface area contributed by atoms with E-state index in [-0.39, 0.29) is 5.56 Å². The third kappa shape index (κ3) is 2.82. The van der Waals surface area contributed by atoms with Crippen LogP contribution in [0.15, 0.2) is 36.7 Å². The Morgan fingerprint density at radius 2 is 1.84 bits per heavy atom. The van der Waals surface area contributed by atoms with Crippen molar-refractivity contribution in [3.05, 3.63) is 53.6 Å². The minimum atomic E-state index is -1.10. The molecule has 19 heavy (non-hydrogen) atoms. The average molecular weight is 263 g/mol. The number of ether oxygens (including phenoxy) is 2. The molecule has 0 fully saturated rings. The van der Waals surface area contributed by atoms with Crippen molar-refractivity contribution in [2.75, 3.05) is 14.2 Å². The topological polar surface area (TPSA) is 51.6 Å². The zero-order chi connectivity index (χ0) is 13.8. The van der Waals surface area contributed by atoms with E-state index in [0.717, 1.165) is 0 Å². The summed E-state index contributed by atoms with van der Waals surface area (Å²) < 4.78 is 23.8. The van der Waals surface area contributed by atoms with Crippen molar-refractivity contribution >= 4 is 0 Å². The van der Waals surface area contributed by atoms with Crippen molar-refractivity contribution in [3.63, 3.8) is 0 Å². The van der Waals surface area contributed by atoms with Crippen molar-refractivity contribution < 1.29 is 19.0 Å². The molecule has 1 N–H and O–H groups in total. The Labute approximate surface area is 110 Å². The van der Waals surface area contributed by atoms with E-state index in [2.05, 4.69) is 4.98 Å². The Hall–Kier alpha value is -2.14. The van der Waals surface area contributed by atoms with Gasteiger partial charge in [0.2, 0.25) is 0 Å². The lowest BCUT2D eigenvalue weighted by Gasteiger charge is -2.13. The molecule has 1 aromatic heterocycles. The van der Waals surface area contributed by atoms with Crippen LogP contribution >= 0.6 is 0 Å². The summed E-state index contributed by atoms with van der Waals surface area (Å²) in [6.45, 7) is 0. The predicted octanol–water partition coefficient (Wildman–Crippen LogP) is 2.32. The standard InChI is InChI=1S/C14H14FNO3/c1-18-10-3-4-12(13(15)6-10)14(17)9-5-11(19-2)8-16-7-9/h3-8,14,17H,1-2H3. The highest BCUT2D eigenvalue weighted by Crippen LogP contribution is 2.28. The van der Waals surface area contributed by atoms with Crippen LogP contribution in [0.1, 0.15) is 17.2 Å². The normalized spacial score (nSPS) is 12.0. The quantitative estimate of drug-likeness (QED) is 0.919. The van der Waals surface area contributed by atoms with Gasteiger partial charge in [-0.15, -0.1) is 0 Å². The van der Waals surface area contributed by atoms with Gasteiger partial charge in [-0.1, -0.05) is 0 Å². The lowest BCUT2D eigenvalue weighted by atomic mass is 10.0. The van der Waals surface area contributed by atoms with Crippen LogP contribution in [0.3, 0.4) is 0 Å². The van der Waals surface area contributed by atoms with Crippen LogP contribution in [-0.2, 0) is 0 Å². The zero-order valence-corrected chi connectivity index (χ0v) is 10.6. The molecular weight excluding hydrogens is 249 g/mol. The fourth-order valence-electron chi connectivity index (χ4n) is 1.73. The number of nitrogens with zero attached hydrogens (tertiary/aromatic N) is 1. The number of hydrogen-bond acceptors (Lipinski definition) is 4. The third-order valence-electron chi connectivity index (χ3n) is 2.79. The molecule has 1 aromatic carbocycles. The minimum Gasteiger partial charge on any atom is -0.497 e. The summed E-state index contributed by atoms with van der Waals surface area (Å²) in [6, 6.07) is 5.92. The van der Waals surface area contributed by atoms with Crippen molar-refractivity contribution in [2.45, 2.75) is 6.10 Å². The molecule has 5 heteroatoms. The van der Waals surface area contributed by atoms with Gasteiger partial charge >= 0.3 is 0 Å². The Balaban J connectivity index is 2.35. The van der Waals surface area contributed by atoms with Gasteiger partial charge in [-0.2, -0.15) is 0 Å². The van der Waals surface area contributed by atoms with E-state index in [1.54, 1.807) is 12.1 Å². The minimum absolute atomic E-state index is 0.163. The van der Waals surface area contributed by atoms with E-state index < -0.39 is 11.9 Å². The number of benzene rings is 1. The maximum Gasteiger partial charge on any atom is 0.137 e. The third-order valence-corrected chi connectivity index (χ3v) is 2.79. The number of halogens is 1. The van der Waals surface area contributed by atoms with E-state index in [9.17, 15) is 9.50 Å². The number of aliphatic hydroxyl groups excluding tert-OH is 1. The molecule has 2 rings (SSSR count). The van der Waals surface area contributed by atoms with Crippen LogP contribution in [0, 0.1) is 5.82 Å². The van der Waals surface area contributed by atoms with Gasteiger partial charge < -0.3 is 14.6 Å². The summed E-state index contributed by atoms with van der Waals surface area (Å²) in [5, 5.41) is 10.2. The number of hydrogen-bond donors (Lipinski definition) is 1. The van der Waals surface area contributed by atoms with Crippen molar-refractivity contribution in [2.24, 2.45) is 0 Å². The van der Waals surface area contributed by atoms with Crippen molar-refractivity contribution in [1.82, 2.24) is 4.98 Å². The first-order valence-electron chi connectivity index (χ1n) is 5.66. The molecule has 4 nitrogen and oxygen atoms in total. The summed E-state index contributed by atoms with van der Waals surface area (Å²) >= 11 is 0. The second kappa shape index (κ2) is 5.67. The molecule has 2 aromatic rings. The Morgan fingerprint density at radius 3 is 2.47 bits per heavy atom. The lowest BCUT2D eigenvalue weighted by molar-refractivity contribution is 0.213. The van der Waals surface area contributed by atoms with E-state index in [4.69, 9.17) is 9.47 Å². The van der Waals surface area contributed by atoms with E-state index in [1.807, 2.05) is 0 Å². The molecule has 100 valence electrons. The molecule has 0 aliphatic rings. The van der Waals surface area contributed by atoms with Crippen molar-refractivity contribution in [1.29, 1.82) is 0 Å². The molecule has 1 unspecified atom stereocenters. The highest BCUT2D eigenvalue weighted by Gasteiger charge is 2.16. The number of rotatable bonds is 4. The first-order chi connectivity index (χ1) is 9.15. The molecular formula is C14H14FNO3.